The van der Waals surface area contributed by atoms with E-state index in [0.29, 0.717) is 11.8 Å². The first-order chi connectivity index (χ1) is 9.62. The van der Waals surface area contributed by atoms with Crippen molar-refractivity contribution in [2.45, 2.75) is 25.6 Å². The van der Waals surface area contributed by atoms with Crippen LogP contribution >= 0.6 is 11.8 Å². The summed E-state index contributed by atoms with van der Waals surface area (Å²) < 4.78 is 10.0. The summed E-state index contributed by atoms with van der Waals surface area (Å²) in [7, 11) is 3.07. The van der Waals surface area contributed by atoms with Crippen molar-refractivity contribution >= 4 is 17.7 Å². The van der Waals surface area contributed by atoms with Crippen LogP contribution in [0.1, 0.15) is 31.0 Å². The molecule has 0 heterocycles. The zero-order valence-electron chi connectivity index (χ0n) is 12.6. The van der Waals surface area contributed by atoms with Crippen LogP contribution in [0.5, 0.6) is 5.75 Å². The Morgan fingerprint density at radius 1 is 1.40 bits per heavy atom. The fourth-order valence-corrected chi connectivity index (χ4v) is 2.74. The molecule has 1 rings (SSSR count). The molecule has 0 aliphatic heterocycles. The molecule has 0 aliphatic carbocycles. The van der Waals surface area contributed by atoms with E-state index in [-0.39, 0.29) is 5.97 Å². The molecule has 1 N–H and O–H groups in total. The van der Waals surface area contributed by atoms with Gasteiger partial charge in [-0.1, -0.05) is 13.0 Å². The maximum Gasteiger partial charge on any atom is 0.315 e. The lowest BCUT2D eigenvalue weighted by Crippen LogP contribution is -2.17. The summed E-state index contributed by atoms with van der Waals surface area (Å²) in [5.74, 6) is 1.73. The van der Waals surface area contributed by atoms with E-state index >= 15 is 0 Å². The molecule has 5 heteroatoms. The van der Waals surface area contributed by atoms with E-state index in [0.717, 1.165) is 23.6 Å². The van der Waals surface area contributed by atoms with E-state index in [2.05, 4.69) is 36.0 Å². The van der Waals surface area contributed by atoms with Crippen LogP contribution in [-0.4, -0.2) is 32.5 Å². The Morgan fingerprint density at radius 3 is 2.75 bits per heavy atom. The average Bonchev–Trinajstić information content (AvgIpc) is 2.47. The van der Waals surface area contributed by atoms with Crippen molar-refractivity contribution in [1.29, 1.82) is 0 Å². The highest BCUT2D eigenvalue weighted by Crippen LogP contribution is 2.27. The zero-order chi connectivity index (χ0) is 15.0. The summed E-state index contributed by atoms with van der Waals surface area (Å²) in [4.78, 5) is 11.1. The zero-order valence-corrected chi connectivity index (χ0v) is 13.4. The highest BCUT2D eigenvalue weighted by molar-refractivity contribution is 7.99. The second-order valence-corrected chi connectivity index (χ2v) is 5.41. The van der Waals surface area contributed by atoms with E-state index in [1.807, 2.05) is 6.07 Å². The van der Waals surface area contributed by atoms with Gasteiger partial charge < -0.3 is 14.8 Å². The van der Waals surface area contributed by atoms with Crippen LogP contribution < -0.4 is 10.1 Å². The second-order valence-electron chi connectivity index (χ2n) is 4.42. The van der Waals surface area contributed by atoms with Gasteiger partial charge in [0.25, 0.3) is 0 Å². The van der Waals surface area contributed by atoms with Gasteiger partial charge in [-0.2, -0.15) is 0 Å². The summed E-state index contributed by atoms with van der Waals surface area (Å²) in [5.41, 5.74) is 2.32. The average molecular weight is 297 g/mol. The van der Waals surface area contributed by atoms with Crippen molar-refractivity contribution in [3.8, 4) is 5.75 Å². The first-order valence-corrected chi connectivity index (χ1v) is 7.82. The second kappa shape index (κ2) is 8.87. The highest BCUT2D eigenvalue weighted by Gasteiger charge is 2.10. The van der Waals surface area contributed by atoms with E-state index in [4.69, 9.17) is 4.74 Å². The summed E-state index contributed by atoms with van der Waals surface area (Å²) >= 11 is 1.53. The van der Waals surface area contributed by atoms with Gasteiger partial charge in [-0.25, -0.2) is 0 Å². The molecular formula is C15H23NO3S. The molecule has 112 valence electrons. The van der Waals surface area contributed by atoms with Crippen molar-refractivity contribution in [1.82, 2.24) is 5.32 Å². The minimum atomic E-state index is -0.203. The molecule has 0 saturated carbocycles. The summed E-state index contributed by atoms with van der Waals surface area (Å²) in [6, 6.07) is 6.49. The molecule has 1 atom stereocenters. The Hall–Kier alpha value is -1.20. The minimum Gasteiger partial charge on any atom is -0.496 e. The lowest BCUT2D eigenvalue weighted by molar-refractivity contribution is -0.137. The number of methoxy groups -OCH3 is 2. The number of carbonyl (C=O) groups is 1. The Kier molecular flexibility index (Phi) is 7.47. The molecule has 1 aromatic carbocycles. The minimum absolute atomic E-state index is 0.203. The molecule has 0 amide bonds. The molecular weight excluding hydrogens is 274 g/mol. The number of benzene rings is 1. The lowest BCUT2D eigenvalue weighted by Gasteiger charge is -2.16. The topological polar surface area (TPSA) is 47.6 Å². The predicted molar refractivity (Wildman–Crippen MR) is 83.3 cm³/mol. The molecule has 1 unspecified atom stereocenters. The number of carbonyl (C=O) groups excluding carboxylic acids is 1. The van der Waals surface area contributed by atoms with Gasteiger partial charge in [0.2, 0.25) is 0 Å². The Labute approximate surface area is 125 Å². The smallest absolute Gasteiger partial charge is 0.315 e. The summed E-state index contributed by atoms with van der Waals surface area (Å²) in [5, 5.41) is 3.39. The van der Waals surface area contributed by atoms with Crippen LogP contribution in [0.4, 0.5) is 0 Å². The van der Waals surface area contributed by atoms with Crippen LogP contribution in [0.2, 0.25) is 0 Å². The van der Waals surface area contributed by atoms with Crippen molar-refractivity contribution in [3.05, 3.63) is 29.3 Å². The van der Waals surface area contributed by atoms with Crippen LogP contribution in [0.25, 0.3) is 0 Å². The fourth-order valence-electron chi connectivity index (χ4n) is 1.91. The monoisotopic (exact) mass is 297 g/mol. The first-order valence-electron chi connectivity index (χ1n) is 6.67. The van der Waals surface area contributed by atoms with Gasteiger partial charge in [-0.15, -0.1) is 11.8 Å². The maximum atomic E-state index is 11.1. The van der Waals surface area contributed by atoms with E-state index in [9.17, 15) is 4.79 Å². The predicted octanol–water partition coefficient (Wildman–Crippen LogP) is 2.77. The van der Waals surface area contributed by atoms with Gasteiger partial charge in [0.1, 0.15) is 5.75 Å². The third-order valence-electron chi connectivity index (χ3n) is 3.02. The van der Waals surface area contributed by atoms with Crippen LogP contribution in [0.3, 0.4) is 0 Å². The molecule has 0 aromatic heterocycles. The van der Waals surface area contributed by atoms with Gasteiger partial charge in [-0.05, 0) is 31.2 Å². The van der Waals surface area contributed by atoms with E-state index in [1.165, 1.54) is 24.4 Å². The Bertz CT molecular complexity index is 437. The molecule has 0 saturated heterocycles. The standard InChI is InChI=1S/C15H23NO3S/c1-5-16-11(2)12-6-7-14(18-3)13(8-12)9-20-10-15(17)19-4/h6-8,11,16H,5,9-10H2,1-4H3. The molecule has 0 bridgehead atoms. The molecule has 0 fully saturated rings. The number of thioether (sulfide) groups is 1. The molecule has 0 aliphatic rings. The third kappa shape index (κ3) is 5.06. The molecule has 0 spiro atoms. The van der Waals surface area contributed by atoms with E-state index < -0.39 is 0 Å². The lowest BCUT2D eigenvalue weighted by atomic mass is 10.0. The molecule has 4 nitrogen and oxygen atoms in total. The SMILES string of the molecule is CCNC(C)c1ccc(OC)c(CSCC(=O)OC)c1. The number of esters is 1. The van der Waals surface area contributed by atoms with Crippen LogP contribution in [0.15, 0.2) is 18.2 Å². The van der Waals surface area contributed by atoms with Gasteiger partial charge in [-0.3, -0.25) is 4.79 Å². The first kappa shape index (κ1) is 16.9. The van der Waals surface area contributed by atoms with Crippen molar-refractivity contribution < 1.29 is 14.3 Å². The van der Waals surface area contributed by atoms with Crippen molar-refractivity contribution in [2.75, 3.05) is 26.5 Å². The Balaban J connectivity index is 2.75. The fraction of sp³-hybridized carbons (Fsp3) is 0.533. The molecule has 20 heavy (non-hydrogen) atoms. The number of hydrogen-bond donors (Lipinski definition) is 1. The van der Waals surface area contributed by atoms with Gasteiger partial charge >= 0.3 is 5.97 Å². The summed E-state index contributed by atoms with van der Waals surface area (Å²) in [6.07, 6.45) is 0. The van der Waals surface area contributed by atoms with Crippen molar-refractivity contribution in [2.24, 2.45) is 0 Å². The maximum absolute atomic E-state index is 11.1. The number of ether oxygens (including phenoxy) is 2. The normalized spacial score (nSPS) is 12.0. The number of hydrogen-bond acceptors (Lipinski definition) is 5. The van der Waals surface area contributed by atoms with E-state index in [1.54, 1.807) is 7.11 Å². The number of nitrogens with one attached hydrogen (secondary N) is 1. The quantitative estimate of drug-likeness (QED) is 0.748. The third-order valence-corrected chi connectivity index (χ3v) is 3.97. The summed E-state index contributed by atoms with van der Waals surface area (Å²) in [6.45, 7) is 5.16. The molecule has 1 aromatic rings. The number of rotatable bonds is 8. The highest BCUT2D eigenvalue weighted by atomic mass is 32.2. The van der Waals surface area contributed by atoms with Gasteiger partial charge in [0, 0.05) is 17.4 Å². The van der Waals surface area contributed by atoms with Crippen LogP contribution in [0, 0.1) is 0 Å². The van der Waals surface area contributed by atoms with Gasteiger partial charge in [0.15, 0.2) is 0 Å². The van der Waals surface area contributed by atoms with Gasteiger partial charge in [0.05, 0.1) is 20.0 Å². The van der Waals surface area contributed by atoms with Crippen LogP contribution in [-0.2, 0) is 15.3 Å². The largest absolute Gasteiger partial charge is 0.496 e. The molecule has 0 radical (unpaired) electrons. The Morgan fingerprint density at radius 2 is 2.15 bits per heavy atom. The van der Waals surface area contributed by atoms with Crippen molar-refractivity contribution in [3.63, 3.8) is 0 Å².